The predicted molar refractivity (Wildman–Crippen MR) is 90.5 cm³/mol. The van der Waals surface area contributed by atoms with E-state index in [1.807, 2.05) is 11.3 Å². The molecule has 2 aromatic heterocycles. The van der Waals surface area contributed by atoms with Gasteiger partial charge in [0.2, 0.25) is 0 Å². The minimum Gasteiger partial charge on any atom is -0.346 e. The Balaban J connectivity index is 1.50. The van der Waals surface area contributed by atoms with Crippen LogP contribution in [-0.4, -0.2) is 17.7 Å². The van der Waals surface area contributed by atoms with Gasteiger partial charge in [0.1, 0.15) is 0 Å². The lowest BCUT2D eigenvalue weighted by Gasteiger charge is -2.07. The normalized spacial score (nSPS) is 11.2. The van der Waals surface area contributed by atoms with Gasteiger partial charge >= 0.3 is 0 Å². The second-order valence-corrected chi connectivity index (χ2v) is 6.74. The standard InChI is InChI=1S/C16H17BrN2S/c17-14-3-4-16-13(12-14)6-9-19(16)10-8-18-7-5-15-2-1-11-20-15/h1-4,6,9,11-12,18H,5,7-8,10H2. The highest BCUT2D eigenvalue weighted by Gasteiger charge is 2.01. The van der Waals surface area contributed by atoms with Gasteiger partial charge in [-0.25, -0.2) is 0 Å². The van der Waals surface area contributed by atoms with Crippen LogP contribution in [0.1, 0.15) is 4.88 Å². The second-order valence-electron chi connectivity index (χ2n) is 4.79. The molecule has 0 aliphatic rings. The minimum absolute atomic E-state index is 1.01. The lowest BCUT2D eigenvalue weighted by atomic mass is 10.2. The molecule has 0 unspecified atom stereocenters. The number of rotatable bonds is 6. The summed E-state index contributed by atoms with van der Waals surface area (Å²) in [6.45, 7) is 3.06. The van der Waals surface area contributed by atoms with Crippen molar-refractivity contribution >= 4 is 38.2 Å². The third-order valence-corrected chi connectivity index (χ3v) is 4.82. The average Bonchev–Trinajstić information content (AvgIpc) is 3.08. The second kappa shape index (κ2) is 6.57. The summed E-state index contributed by atoms with van der Waals surface area (Å²) in [4.78, 5) is 1.45. The Labute approximate surface area is 131 Å². The van der Waals surface area contributed by atoms with Gasteiger partial charge in [0.25, 0.3) is 0 Å². The molecule has 2 nitrogen and oxygen atoms in total. The number of halogens is 1. The highest BCUT2D eigenvalue weighted by Crippen LogP contribution is 2.20. The molecule has 0 amide bonds. The van der Waals surface area contributed by atoms with E-state index in [-0.39, 0.29) is 0 Å². The number of thiophene rings is 1. The molecule has 0 aliphatic heterocycles. The van der Waals surface area contributed by atoms with Crippen LogP contribution in [0.15, 0.2) is 52.4 Å². The Morgan fingerprint density at radius 1 is 1.15 bits per heavy atom. The highest BCUT2D eigenvalue weighted by atomic mass is 79.9. The monoisotopic (exact) mass is 348 g/mol. The van der Waals surface area contributed by atoms with Crippen LogP contribution in [0.25, 0.3) is 10.9 Å². The molecule has 0 saturated heterocycles. The van der Waals surface area contributed by atoms with Crippen molar-refractivity contribution in [1.82, 2.24) is 9.88 Å². The first-order chi connectivity index (χ1) is 9.83. The van der Waals surface area contributed by atoms with Gasteiger partial charge in [0.05, 0.1) is 0 Å². The first-order valence-electron chi connectivity index (χ1n) is 6.80. The van der Waals surface area contributed by atoms with Crippen LogP contribution in [0.3, 0.4) is 0 Å². The van der Waals surface area contributed by atoms with Crippen molar-refractivity contribution in [2.45, 2.75) is 13.0 Å². The van der Waals surface area contributed by atoms with Crippen LogP contribution < -0.4 is 5.32 Å². The maximum Gasteiger partial charge on any atom is 0.0481 e. The molecule has 0 radical (unpaired) electrons. The molecule has 0 bridgehead atoms. The molecule has 0 aliphatic carbocycles. The number of benzene rings is 1. The molecule has 104 valence electrons. The van der Waals surface area contributed by atoms with E-state index >= 15 is 0 Å². The van der Waals surface area contributed by atoms with Gasteiger partial charge < -0.3 is 9.88 Å². The summed E-state index contributed by atoms with van der Waals surface area (Å²) in [6.07, 6.45) is 3.29. The van der Waals surface area contributed by atoms with Crippen molar-refractivity contribution in [2.75, 3.05) is 13.1 Å². The molecule has 1 N–H and O–H groups in total. The van der Waals surface area contributed by atoms with E-state index in [1.165, 1.54) is 15.8 Å². The van der Waals surface area contributed by atoms with E-state index in [4.69, 9.17) is 0 Å². The lowest BCUT2D eigenvalue weighted by molar-refractivity contribution is 0.611. The molecule has 2 heterocycles. The van der Waals surface area contributed by atoms with Gasteiger partial charge in [-0.15, -0.1) is 11.3 Å². The largest absolute Gasteiger partial charge is 0.346 e. The van der Waals surface area contributed by atoms with Gasteiger partial charge in [-0.3, -0.25) is 0 Å². The molecule has 1 aromatic carbocycles. The SMILES string of the molecule is Brc1ccc2c(ccn2CCNCCc2cccs2)c1. The Morgan fingerprint density at radius 3 is 2.95 bits per heavy atom. The zero-order valence-electron chi connectivity index (χ0n) is 11.2. The summed E-state index contributed by atoms with van der Waals surface area (Å²) in [5, 5.41) is 6.94. The first kappa shape index (κ1) is 13.9. The number of hydrogen-bond acceptors (Lipinski definition) is 2. The van der Waals surface area contributed by atoms with Crippen LogP contribution >= 0.6 is 27.3 Å². The van der Waals surface area contributed by atoms with Gasteiger partial charge in [-0.1, -0.05) is 22.0 Å². The number of hydrogen-bond donors (Lipinski definition) is 1. The van der Waals surface area contributed by atoms with Gasteiger partial charge in [0, 0.05) is 46.1 Å². The smallest absolute Gasteiger partial charge is 0.0481 e. The molecule has 0 spiro atoms. The van der Waals surface area contributed by atoms with E-state index in [0.29, 0.717) is 0 Å². The molecule has 20 heavy (non-hydrogen) atoms. The molecule has 0 saturated carbocycles. The Morgan fingerprint density at radius 2 is 2.10 bits per heavy atom. The van der Waals surface area contributed by atoms with Crippen LogP contribution in [0, 0.1) is 0 Å². The van der Waals surface area contributed by atoms with Crippen LogP contribution in [-0.2, 0) is 13.0 Å². The van der Waals surface area contributed by atoms with Gasteiger partial charge in [0.15, 0.2) is 0 Å². The lowest BCUT2D eigenvalue weighted by Crippen LogP contribution is -2.21. The number of aromatic nitrogens is 1. The van der Waals surface area contributed by atoms with Gasteiger partial charge in [-0.2, -0.15) is 0 Å². The maximum atomic E-state index is 3.51. The molecule has 3 aromatic rings. The minimum atomic E-state index is 1.01. The van der Waals surface area contributed by atoms with E-state index in [9.17, 15) is 0 Å². The third-order valence-electron chi connectivity index (χ3n) is 3.39. The van der Waals surface area contributed by atoms with Crippen molar-refractivity contribution in [3.63, 3.8) is 0 Å². The fraction of sp³-hybridized carbons (Fsp3) is 0.250. The summed E-state index contributed by atoms with van der Waals surface area (Å²) in [5.74, 6) is 0. The number of fused-ring (bicyclic) bond motifs is 1. The van der Waals surface area contributed by atoms with Crippen molar-refractivity contribution in [2.24, 2.45) is 0 Å². The third kappa shape index (κ3) is 3.32. The fourth-order valence-corrected chi connectivity index (χ4v) is 3.44. The Bertz CT molecular complexity index is 673. The van der Waals surface area contributed by atoms with Crippen molar-refractivity contribution in [3.8, 4) is 0 Å². The molecular weight excluding hydrogens is 332 g/mol. The summed E-state index contributed by atoms with van der Waals surface area (Å²) in [7, 11) is 0. The first-order valence-corrected chi connectivity index (χ1v) is 8.48. The fourth-order valence-electron chi connectivity index (χ4n) is 2.36. The molecule has 4 heteroatoms. The molecule has 0 fully saturated rings. The number of nitrogens with one attached hydrogen (secondary N) is 1. The van der Waals surface area contributed by atoms with E-state index in [2.05, 4.69) is 73.8 Å². The van der Waals surface area contributed by atoms with E-state index in [0.717, 1.165) is 30.5 Å². The van der Waals surface area contributed by atoms with Crippen molar-refractivity contribution in [3.05, 3.63) is 57.3 Å². The Hall–Kier alpha value is -1.10. The summed E-state index contributed by atoms with van der Waals surface area (Å²) in [6, 6.07) is 12.9. The average molecular weight is 349 g/mol. The van der Waals surface area contributed by atoms with Crippen LogP contribution in [0.4, 0.5) is 0 Å². The maximum absolute atomic E-state index is 3.51. The zero-order chi connectivity index (χ0) is 13.8. The zero-order valence-corrected chi connectivity index (χ0v) is 13.6. The molecule has 0 atom stereocenters. The topological polar surface area (TPSA) is 17.0 Å². The summed E-state index contributed by atoms with van der Waals surface area (Å²) in [5.41, 5.74) is 1.30. The molecular formula is C16H17BrN2S. The van der Waals surface area contributed by atoms with E-state index in [1.54, 1.807) is 0 Å². The van der Waals surface area contributed by atoms with Gasteiger partial charge in [-0.05, 0) is 42.1 Å². The Kier molecular flexibility index (Phi) is 4.55. The summed E-state index contributed by atoms with van der Waals surface area (Å²) < 4.78 is 3.44. The summed E-state index contributed by atoms with van der Waals surface area (Å²) >= 11 is 5.35. The van der Waals surface area contributed by atoms with E-state index < -0.39 is 0 Å². The highest BCUT2D eigenvalue weighted by molar-refractivity contribution is 9.10. The van der Waals surface area contributed by atoms with Crippen LogP contribution in [0.2, 0.25) is 0 Å². The van der Waals surface area contributed by atoms with Crippen molar-refractivity contribution < 1.29 is 0 Å². The predicted octanol–water partition coefficient (Wildman–Crippen LogP) is 4.30. The number of nitrogens with zero attached hydrogens (tertiary/aromatic N) is 1. The van der Waals surface area contributed by atoms with Crippen LogP contribution in [0.5, 0.6) is 0 Å². The van der Waals surface area contributed by atoms with Crippen molar-refractivity contribution in [1.29, 1.82) is 0 Å². The quantitative estimate of drug-likeness (QED) is 0.657. The molecule has 3 rings (SSSR count).